The Kier molecular flexibility index (Phi) is 6.67. The molecule has 0 aromatic rings. The normalized spacial score (nSPS) is 19.8. The maximum Gasteiger partial charge on any atom is 0.417 e. The first kappa shape index (κ1) is 21.2. The number of likely N-dealkylation sites (tertiary alicyclic amines) is 1. The van der Waals surface area contributed by atoms with E-state index in [0.717, 1.165) is 0 Å². The van der Waals surface area contributed by atoms with Gasteiger partial charge in [0.05, 0.1) is 0 Å². The van der Waals surface area contributed by atoms with Gasteiger partial charge in [0.15, 0.2) is 0 Å². The molecule has 1 aliphatic heterocycles. The number of carbonyl (C=O) groups is 2. The highest BCUT2D eigenvalue weighted by Crippen LogP contribution is 2.44. The zero-order valence-corrected chi connectivity index (χ0v) is 17.8. The number of ether oxygens (including phenoxy) is 1. The average Bonchev–Trinajstić information content (AvgIpc) is 2.73. The minimum atomic E-state index is -2.15. The van der Waals surface area contributed by atoms with Crippen molar-refractivity contribution in [2.45, 2.75) is 97.1 Å². The van der Waals surface area contributed by atoms with E-state index in [-0.39, 0.29) is 5.91 Å². The third kappa shape index (κ3) is 4.39. The average molecular weight is 358 g/mol. The van der Waals surface area contributed by atoms with Gasteiger partial charge in [0.25, 0.3) is 5.91 Å². The van der Waals surface area contributed by atoms with E-state index in [1.807, 2.05) is 0 Å². The first-order chi connectivity index (χ1) is 10.8. The number of imide groups is 1. The summed E-state index contributed by atoms with van der Waals surface area (Å²) < 4.78 is 11.9. The molecule has 0 aromatic heterocycles. The highest BCUT2D eigenvalue weighted by molar-refractivity contribution is 6.77. The van der Waals surface area contributed by atoms with E-state index in [2.05, 4.69) is 41.5 Å². The van der Waals surface area contributed by atoms with Gasteiger partial charge in [-0.05, 0) is 43.8 Å². The van der Waals surface area contributed by atoms with E-state index in [9.17, 15) is 9.59 Å². The lowest BCUT2D eigenvalue weighted by Gasteiger charge is -2.43. The summed E-state index contributed by atoms with van der Waals surface area (Å²) in [6.45, 7) is 18.9. The smallest absolute Gasteiger partial charge is 0.417 e. The number of hydrogen-bond donors (Lipinski definition) is 0. The van der Waals surface area contributed by atoms with Crippen molar-refractivity contribution in [3.63, 3.8) is 0 Å². The Morgan fingerprint density at radius 3 is 1.92 bits per heavy atom. The zero-order chi connectivity index (χ0) is 18.9. The molecule has 1 rings (SSSR count). The van der Waals surface area contributed by atoms with Gasteiger partial charge in [-0.1, -0.05) is 41.5 Å². The molecule has 1 atom stereocenters. The molecule has 0 aromatic carbocycles. The van der Waals surface area contributed by atoms with Crippen LogP contribution in [0.4, 0.5) is 4.79 Å². The molecule has 0 saturated carbocycles. The molecule has 1 saturated heterocycles. The van der Waals surface area contributed by atoms with Crippen LogP contribution in [0.25, 0.3) is 0 Å². The summed E-state index contributed by atoms with van der Waals surface area (Å²) in [6, 6.07) is 0. The molecule has 1 heterocycles. The largest absolute Gasteiger partial charge is 0.443 e. The predicted molar refractivity (Wildman–Crippen MR) is 98.5 cm³/mol. The molecule has 6 heteroatoms. The number of carbonyl (C=O) groups excluding carboxylic acids is 2. The van der Waals surface area contributed by atoms with Gasteiger partial charge in [0, 0.05) is 6.54 Å². The minimum Gasteiger partial charge on any atom is -0.443 e. The molecule has 0 radical (unpaired) electrons. The molecule has 1 fully saturated rings. The van der Waals surface area contributed by atoms with Gasteiger partial charge in [-0.25, -0.2) is 9.69 Å². The summed E-state index contributed by atoms with van der Waals surface area (Å²) in [5.74, 6) is -0.247. The third-order valence-electron chi connectivity index (χ3n) is 4.82. The quantitative estimate of drug-likeness (QED) is 0.668. The molecule has 140 valence electrons. The van der Waals surface area contributed by atoms with E-state index in [4.69, 9.17) is 9.16 Å². The molecule has 1 unspecified atom stereocenters. The van der Waals surface area contributed by atoms with E-state index < -0.39 is 26.1 Å². The van der Waals surface area contributed by atoms with Gasteiger partial charge < -0.3 is 9.16 Å². The topological polar surface area (TPSA) is 55.8 Å². The van der Waals surface area contributed by atoms with Crippen LogP contribution in [0.5, 0.6) is 0 Å². The van der Waals surface area contributed by atoms with E-state index in [1.165, 1.54) is 4.90 Å². The second-order valence-electron chi connectivity index (χ2n) is 8.68. The van der Waals surface area contributed by atoms with Crippen LogP contribution < -0.4 is 0 Å². The lowest BCUT2D eigenvalue weighted by atomic mass is 10.2. The van der Waals surface area contributed by atoms with Crippen molar-refractivity contribution in [1.82, 2.24) is 4.90 Å². The SMILES string of the molecule is CC(C)[Si](OC1CCN(C(=O)OC(C)(C)C)C1=O)(C(C)C)C(C)C. The lowest BCUT2D eigenvalue weighted by Crippen LogP contribution is -2.52. The summed E-state index contributed by atoms with van der Waals surface area (Å²) in [4.78, 5) is 26.1. The monoisotopic (exact) mass is 357 g/mol. The highest BCUT2D eigenvalue weighted by atomic mass is 28.4. The van der Waals surface area contributed by atoms with E-state index in [1.54, 1.807) is 20.8 Å². The molecule has 0 aliphatic carbocycles. The second kappa shape index (κ2) is 7.56. The Balaban J connectivity index is 2.93. The van der Waals surface area contributed by atoms with Crippen molar-refractivity contribution in [2.24, 2.45) is 0 Å². The molecular weight excluding hydrogens is 322 g/mol. The van der Waals surface area contributed by atoms with Gasteiger partial charge >= 0.3 is 6.09 Å². The minimum absolute atomic E-state index is 0.247. The Hall–Kier alpha value is -0.883. The Morgan fingerprint density at radius 2 is 1.54 bits per heavy atom. The zero-order valence-electron chi connectivity index (χ0n) is 16.8. The summed E-state index contributed by atoms with van der Waals surface area (Å²) in [5.41, 5.74) is 0.602. The first-order valence-electron chi connectivity index (χ1n) is 9.05. The van der Waals surface area contributed by atoms with Crippen LogP contribution in [0.1, 0.15) is 68.7 Å². The summed E-state index contributed by atoms with van der Waals surface area (Å²) >= 11 is 0. The van der Waals surface area contributed by atoms with Crippen LogP contribution in [-0.4, -0.2) is 43.5 Å². The Labute approximate surface area is 148 Å². The third-order valence-corrected chi connectivity index (χ3v) is 10.9. The Morgan fingerprint density at radius 1 is 1.08 bits per heavy atom. The molecule has 1 aliphatic rings. The predicted octanol–water partition coefficient (Wildman–Crippen LogP) is 4.71. The fourth-order valence-electron chi connectivity index (χ4n) is 3.92. The van der Waals surface area contributed by atoms with Crippen LogP contribution >= 0.6 is 0 Å². The van der Waals surface area contributed by atoms with Crippen LogP contribution in [-0.2, 0) is 14.0 Å². The van der Waals surface area contributed by atoms with Crippen LogP contribution in [0.3, 0.4) is 0 Å². The second-order valence-corrected chi connectivity index (χ2v) is 14.1. The summed E-state index contributed by atoms with van der Waals surface area (Å²) in [5, 5.41) is 0. The van der Waals surface area contributed by atoms with Crippen molar-refractivity contribution in [3.05, 3.63) is 0 Å². The lowest BCUT2D eigenvalue weighted by molar-refractivity contribution is -0.133. The van der Waals surface area contributed by atoms with E-state index >= 15 is 0 Å². The summed E-state index contributed by atoms with van der Waals surface area (Å²) in [6.07, 6.45) is -0.528. The van der Waals surface area contributed by atoms with Crippen molar-refractivity contribution in [2.75, 3.05) is 6.54 Å². The maximum absolute atomic E-state index is 12.7. The molecule has 0 N–H and O–H groups in total. The van der Waals surface area contributed by atoms with Gasteiger partial charge in [0.2, 0.25) is 8.32 Å². The standard InChI is InChI=1S/C18H35NO4Si/c1-12(2)24(13(3)4,14(5)6)23-15-10-11-19(16(15)20)17(21)22-18(7,8)9/h12-15H,10-11H2,1-9H3. The molecule has 0 bridgehead atoms. The Bertz CT molecular complexity index is 446. The fourth-order valence-corrected chi connectivity index (χ4v) is 9.44. The number of amides is 2. The van der Waals surface area contributed by atoms with Crippen LogP contribution in [0, 0.1) is 0 Å². The number of nitrogens with zero attached hydrogens (tertiary/aromatic N) is 1. The van der Waals surface area contributed by atoms with Gasteiger partial charge in [0.1, 0.15) is 11.7 Å². The van der Waals surface area contributed by atoms with Crippen LogP contribution in [0.2, 0.25) is 16.6 Å². The van der Waals surface area contributed by atoms with Crippen molar-refractivity contribution >= 4 is 20.3 Å². The highest BCUT2D eigenvalue weighted by Gasteiger charge is 2.50. The first-order valence-corrected chi connectivity index (χ1v) is 11.2. The fraction of sp³-hybridized carbons (Fsp3) is 0.889. The van der Waals surface area contributed by atoms with Crippen molar-refractivity contribution in [3.8, 4) is 0 Å². The molecule has 24 heavy (non-hydrogen) atoms. The maximum atomic E-state index is 12.7. The molecule has 5 nitrogen and oxygen atoms in total. The molecule has 0 spiro atoms. The van der Waals surface area contributed by atoms with Gasteiger partial charge in [-0.15, -0.1) is 0 Å². The molecular formula is C18H35NO4Si. The van der Waals surface area contributed by atoms with E-state index in [0.29, 0.717) is 29.6 Å². The van der Waals surface area contributed by atoms with Gasteiger partial charge in [-0.3, -0.25) is 4.79 Å². The molecule has 2 amide bonds. The van der Waals surface area contributed by atoms with Gasteiger partial charge in [-0.2, -0.15) is 0 Å². The van der Waals surface area contributed by atoms with Crippen molar-refractivity contribution < 1.29 is 18.8 Å². The number of hydrogen-bond acceptors (Lipinski definition) is 4. The number of rotatable bonds is 5. The van der Waals surface area contributed by atoms with Crippen LogP contribution in [0.15, 0.2) is 0 Å². The van der Waals surface area contributed by atoms with Crippen molar-refractivity contribution in [1.29, 1.82) is 0 Å². The summed E-state index contributed by atoms with van der Waals surface area (Å²) in [7, 11) is -2.15.